The maximum Gasteiger partial charge on any atom is 0.407 e. The summed E-state index contributed by atoms with van der Waals surface area (Å²) in [6.45, 7) is 7.56. The van der Waals surface area contributed by atoms with Crippen LogP contribution in [0.4, 0.5) is 4.79 Å². The van der Waals surface area contributed by atoms with Crippen LogP contribution in [0, 0.1) is 5.41 Å². The van der Waals surface area contributed by atoms with Gasteiger partial charge in [0.25, 0.3) is 0 Å². The van der Waals surface area contributed by atoms with E-state index in [2.05, 4.69) is 5.32 Å². The van der Waals surface area contributed by atoms with Crippen LogP contribution in [0.2, 0.25) is 0 Å². The van der Waals surface area contributed by atoms with E-state index in [1.807, 2.05) is 6.92 Å². The van der Waals surface area contributed by atoms with Crippen LogP contribution in [0.25, 0.3) is 0 Å². The molecule has 118 valence electrons. The van der Waals surface area contributed by atoms with E-state index in [9.17, 15) is 14.7 Å². The van der Waals surface area contributed by atoms with Gasteiger partial charge >= 0.3 is 12.1 Å². The lowest BCUT2D eigenvalue weighted by Gasteiger charge is -2.29. The molecule has 0 heterocycles. The summed E-state index contributed by atoms with van der Waals surface area (Å²) in [4.78, 5) is 23.2. The lowest BCUT2D eigenvalue weighted by molar-refractivity contribution is -0.150. The molecule has 6 heteroatoms. The van der Waals surface area contributed by atoms with Gasteiger partial charge in [0.05, 0.1) is 5.41 Å². The van der Waals surface area contributed by atoms with Crippen LogP contribution in [-0.4, -0.2) is 43.0 Å². The molecule has 0 saturated heterocycles. The van der Waals surface area contributed by atoms with Crippen molar-refractivity contribution in [2.75, 3.05) is 20.3 Å². The summed E-state index contributed by atoms with van der Waals surface area (Å²) in [7, 11) is 1.53. The predicted molar refractivity (Wildman–Crippen MR) is 75.7 cm³/mol. The molecule has 0 aliphatic heterocycles. The van der Waals surface area contributed by atoms with Gasteiger partial charge in [-0.1, -0.05) is 13.3 Å². The summed E-state index contributed by atoms with van der Waals surface area (Å²) in [5.74, 6) is -0.924. The van der Waals surface area contributed by atoms with Crippen molar-refractivity contribution >= 4 is 12.1 Å². The van der Waals surface area contributed by atoms with Crippen LogP contribution >= 0.6 is 0 Å². The zero-order chi connectivity index (χ0) is 15.8. The average Bonchev–Trinajstić information content (AvgIpc) is 2.30. The Morgan fingerprint density at radius 2 is 1.80 bits per heavy atom. The predicted octanol–water partition coefficient (Wildman–Crippen LogP) is 2.42. The van der Waals surface area contributed by atoms with Crippen molar-refractivity contribution in [2.45, 2.75) is 52.6 Å². The minimum absolute atomic E-state index is 0.0362. The van der Waals surface area contributed by atoms with Crippen molar-refractivity contribution in [1.82, 2.24) is 5.32 Å². The van der Waals surface area contributed by atoms with Gasteiger partial charge in [-0.15, -0.1) is 0 Å². The fourth-order valence-electron chi connectivity index (χ4n) is 1.92. The van der Waals surface area contributed by atoms with Gasteiger partial charge in [0, 0.05) is 20.3 Å². The minimum Gasteiger partial charge on any atom is -0.481 e. The normalized spacial score (nSPS) is 14.4. The Morgan fingerprint density at radius 1 is 1.20 bits per heavy atom. The number of rotatable bonds is 8. The third kappa shape index (κ3) is 6.75. The summed E-state index contributed by atoms with van der Waals surface area (Å²) >= 11 is 0. The number of alkyl carbamates (subject to hydrolysis) is 1. The number of carbonyl (C=O) groups excluding carboxylic acids is 1. The van der Waals surface area contributed by atoms with Crippen molar-refractivity contribution < 1.29 is 24.2 Å². The van der Waals surface area contributed by atoms with Crippen LogP contribution in [0.5, 0.6) is 0 Å². The summed E-state index contributed by atoms with van der Waals surface area (Å²) in [5.41, 5.74) is -1.62. The van der Waals surface area contributed by atoms with Crippen molar-refractivity contribution in [3.63, 3.8) is 0 Å². The van der Waals surface area contributed by atoms with Crippen molar-refractivity contribution in [3.05, 3.63) is 0 Å². The smallest absolute Gasteiger partial charge is 0.407 e. The molecular weight excluding hydrogens is 262 g/mol. The molecule has 1 atom stereocenters. The lowest BCUT2D eigenvalue weighted by Crippen LogP contribution is -2.45. The Labute approximate surface area is 120 Å². The van der Waals surface area contributed by atoms with Gasteiger partial charge in [0.15, 0.2) is 0 Å². The molecule has 6 nitrogen and oxygen atoms in total. The highest BCUT2D eigenvalue weighted by atomic mass is 16.6. The molecule has 0 spiro atoms. The minimum atomic E-state index is -1.01. The first-order valence-corrected chi connectivity index (χ1v) is 6.86. The van der Waals surface area contributed by atoms with E-state index >= 15 is 0 Å². The molecule has 0 fully saturated rings. The standard InChI is InChI=1S/C14H27NO5/c1-6-7-14(11(16)17,8-9-19-5)10-15-12(18)20-13(2,3)4/h6-10H2,1-5H3,(H,15,18)(H,16,17). The largest absolute Gasteiger partial charge is 0.481 e. The zero-order valence-corrected chi connectivity index (χ0v) is 13.1. The Hall–Kier alpha value is -1.30. The Morgan fingerprint density at radius 3 is 2.20 bits per heavy atom. The monoisotopic (exact) mass is 289 g/mol. The molecule has 0 saturated carbocycles. The third-order valence-electron chi connectivity index (χ3n) is 2.94. The van der Waals surface area contributed by atoms with Gasteiger partial charge in [-0.3, -0.25) is 4.79 Å². The second-order valence-corrected chi connectivity index (χ2v) is 5.93. The van der Waals surface area contributed by atoms with Gasteiger partial charge in [0.2, 0.25) is 0 Å². The molecule has 0 aliphatic carbocycles. The second kappa shape index (κ2) is 8.09. The van der Waals surface area contributed by atoms with Crippen molar-refractivity contribution in [2.24, 2.45) is 5.41 Å². The second-order valence-electron chi connectivity index (χ2n) is 5.93. The van der Waals surface area contributed by atoms with Crippen LogP contribution < -0.4 is 5.32 Å². The summed E-state index contributed by atoms with van der Waals surface area (Å²) in [6.07, 6.45) is 0.937. The maximum atomic E-state index is 11.6. The first kappa shape index (κ1) is 18.7. The Kier molecular flexibility index (Phi) is 7.57. The van der Waals surface area contributed by atoms with E-state index in [4.69, 9.17) is 9.47 Å². The zero-order valence-electron chi connectivity index (χ0n) is 13.1. The van der Waals surface area contributed by atoms with Crippen molar-refractivity contribution in [1.29, 1.82) is 0 Å². The number of ether oxygens (including phenoxy) is 2. The number of carbonyl (C=O) groups is 2. The lowest BCUT2D eigenvalue weighted by atomic mass is 9.80. The number of nitrogens with one attached hydrogen (secondary N) is 1. The molecule has 0 bridgehead atoms. The van der Waals surface area contributed by atoms with Gasteiger partial charge < -0.3 is 19.9 Å². The fraction of sp³-hybridized carbons (Fsp3) is 0.857. The van der Waals surface area contributed by atoms with E-state index < -0.39 is 23.1 Å². The molecule has 0 aliphatic rings. The summed E-state index contributed by atoms with van der Waals surface area (Å²) in [5, 5.41) is 12.0. The number of methoxy groups -OCH3 is 1. The number of carboxylic acids is 1. The van der Waals surface area contributed by atoms with Crippen LogP contribution in [0.1, 0.15) is 47.0 Å². The highest BCUT2D eigenvalue weighted by Crippen LogP contribution is 2.28. The highest BCUT2D eigenvalue weighted by Gasteiger charge is 2.38. The Balaban J connectivity index is 4.71. The fourth-order valence-corrected chi connectivity index (χ4v) is 1.92. The number of aliphatic carboxylic acids is 1. The number of carboxylic acid groups (broad SMARTS) is 1. The molecule has 0 aromatic rings. The van der Waals surface area contributed by atoms with E-state index in [0.717, 1.165) is 0 Å². The van der Waals surface area contributed by atoms with E-state index in [1.165, 1.54) is 7.11 Å². The van der Waals surface area contributed by atoms with Gasteiger partial charge in [0.1, 0.15) is 5.60 Å². The van der Waals surface area contributed by atoms with E-state index in [0.29, 0.717) is 25.9 Å². The van der Waals surface area contributed by atoms with Gasteiger partial charge in [-0.2, -0.15) is 0 Å². The number of amides is 1. The van der Waals surface area contributed by atoms with E-state index in [1.54, 1.807) is 20.8 Å². The van der Waals surface area contributed by atoms with E-state index in [-0.39, 0.29) is 6.54 Å². The molecule has 1 unspecified atom stereocenters. The topological polar surface area (TPSA) is 84.9 Å². The molecule has 0 radical (unpaired) electrons. The molecule has 0 aromatic heterocycles. The van der Waals surface area contributed by atoms with Gasteiger partial charge in [-0.05, 0) is 33.6 Å². The SMILES string of the molecule is CCCC(CCOC)(CNC(=O)OC(C)(C)C)C(=O)O. The van der Waals surface area contributed by atoms with Gasteiger partial charge in [-0.25, -0.2) is 4.79 Å². The first-order valence-electron chi connectivity index (χ1n) is 6.86. The summed E-state index contributed by atoms with van der Waals surface area (Å²) < 4.78 is 10.1. The quantitative estimate of drug-likeness (QED) is 0.717. The first-order chi connectivity index (χ1) is 9.17. The number of hydrogen-bond acceptors (Lipinski definition) is 4. The third-order valence-corrected chi connectivity index (χ3v) is 2.94. The summed E-state index contributed by atoms with van der Waals surface area (Å²) in [6, 6.07) is 0. The van der Waals surface area contributed by atoms with Crippen molar-refractivity contribution in [3.8, 4) is 0 Å². The molecule has 0 aromatic carbocycles. The van der Waals surface area contributed by atoms with Crippen LogP contribution in [0.3, 0.4) is 0 Å². The highest BCUT2D eigenvalue weighted by molar-refractivity contribution is 5.76. The Bertz CT molecular complexity index is 324. The van der Waals surface area contributed by atoms with Crippen LogP contribution in [-0.2, 0) is 14.3 Å². The number of hydrogen-bond donors (Lipinski definition) is 2. The molecule has 0 rings (SSSR count). The molecule has 20 heavy (non-hydrogen) atoms. The molecular formula is C14H27NO5. The molecule has 2 N–H and O–H groups in total. The molecule has 1 amide bonds. The average molecular weight is 289 g/mol. The van der Waals surface area contributed by atoms with Crippen LogP contribution in [0.15, 0.2) is 0 Å². The maximum absolute atomic E-state index is 11.6.